The van der Waals surface area contributed by atoms with Gasteiger partial charge in [-0.25, -0.2) is 0 Å². The number of aromatic nitrogens is 4. The minimum Gasteiger partial charge on any atom is -0.360 e. The van der Waals surface area contributed by atoms with Crippen LogP contribution in [0.2, 0.25) is 5.02 Å². The number of halogens is 7. The highest BCUT2D eigenvalue weighted by Crippen LogP contribution is 2.43. The Hall–Kier alpha value is -2.81. The second kappa shape index (κ2) is 6.60. The number of hydrogen-bond donors (Lipinski definition) is 2. The lowest BCUT2D eigenvalue weighted by molar-refractivity contribution is -0.142. The van der Waals surface area contributed by atoms with Gasteiger partial charge in [-0.05, 0) is 17.3 Å². The second-order valence-corrected chi connectivity index (χ2v) is 4.81. The highest BCUT2D eigenvalue weighted by atomic mass is 35.5. The fourth-order valence-electron chi connectivity index (χ4n) is 1.70. The number of anilines is 1. The molecule has 0 fully saturated rings. The summed E-state index contributed by atoms with van der Waals surface area (Å²) < 4.78 is 77.4. The van der Waals surface area contributed by atoms with Gasteiger partial charge in [-0.15, -0.1) is 10.2 Å². The number of allylic oxidation sites excluding steroid dienone is 1. The van der Waals surface area contributed by atoms with Gasteiger partial charge in [0, 0.05) is 11.9 Å². The third-order valence-corrected chi connectivity index (χ3v) is 3.18. The van der Waals surface area contributed by atoms with Crippen molar-refractivity contribution in [2.75, 3.05) is 5.32 Å². The largest absolute Gasteiger partial charge is 0.417 e. The third kappa shape index (κ3) is 4.18. The summed E-state index contributed by atoms with van der Waals surface area (Å²) >= 11 is 5.25. The molecular formula is C12H5ClF6N6. The molecule has 0 saturated carbocycles. The molecule has 0 unspecified atom stereocenters. The molecule has 1 heterocycles. The molecule has 6 nitrogen and oxygen atoms in total. The zero-order valence-corrected chi connectivity index (χ0v) is 12.4. The monoisotopic (exact) mass is 382 g/mol. The first-order valence-electron chi connectivity index (χ1n) is 6.12. The molecule has 0 radical (unpaired) electrons. The van der Waals surface area contributed by atoms with Gasteiger partial charge >= 0.3 is 12.4 Å². The Balaban J connectivity index is 2.50. The molecule has 0 spiro atoms. The van der Waals surface area contributed by atoms with Crippen LogP contribution in [-0.4, -0.2) is 20.6 Å². The number of aromatic amines is 1. The van der Waals surface area contributed by atoms with Crippen LogP contribution in [0.4, 0.5) is 32.0 Å². The normalized spacial score (nSPS) is 12.8. The van der Waals surface area contributed by atoms with Crippen molar-refractivity contribution < 1.29 is 26.3 Å². The van der Waals surface area contributed by atoms with Gasteiger partial charge in [-0.1, -0.05) is 11.6 Å². The van der Waals surface area contributed by atoms with Crippen molar-refractivity contribution in [3.05, 3.63) is 40.3 Å². The van der Waals surface area contributed by atoms with Crippen LogP contribution >= 0.6 is 11.6 Å². The molecule has 2 N–H and O–H groups in total. The van der Waals surface area contributed by atoms with Gasteiger partial charge in [0.25, 0.3) is 0 Å². The number of alkyl halides is 6. The Labute approximate surface area is 140 Å². The van der Waals surface area contributed by atoms with Crippen LogP contribution in [0, 0.1) is 11.3 Å². The lowest BCUT2D eigenvalue weighted by Crippen LogP contribution is -2.13. The second-order valence-electron chi connectivity index (χ2n) is 4.43. The minimum atomic E-state index is -5.11. The Morgan fingerprint density at radius 2 is 1.72 bits per heavy atom. The number of nitrogens with zero attached hydrogens (tertiary/aromatic N) is 4. The maximum atomic E-state index is 12.9. The van der Waals surface area contributed by atoms with E-state index in [1.54, 1.807) is 6.07 Å². The van der Waals surface area contributed by atoms with E-state index in [0.29, 0.717) is 12.1 Å². The molecule has 0 aliphatic carbocycles. The predicted octanol–water partition coefficient (Wildman–Crippen LogP) is 3.87. The summed E-state index contributed by atoms with van der Waals surface area (Å²) in [5.74, 6) is -0.198. The number of hydrogen-bond acceptors (Lipinski definition) is 5. The summed E-state index contributed by atoms with van der Waals surface area (Å²) in [7, 11) is 0. The van der Waals surface area contributed by atoms with Crippen molar-refractivity contribution in [3.8, 4) is 6.07 Å². The van der Waals surface area contributed by atoms with Gasteiger partial charge in [0.05, 0.1) is 16.1 Å². The van der Waals surface area contributed by atoms with Crippen molar-refractivity contribution in [1.29, 1.82) is 5.26 Å². The van der Waals surface area contributed by atoms with E-state index in [0.717, 1.165) is 6.20 Å². The number of H-pyrrole nitrogens is 1. The van der Waals surface area contributed by atoms with E-state index in [1.807, 2.05) is 0 Å². The first kappa shape index (κ1) is 18.5. The Bertz CT molecular complexity index is 798. The molecule has 0 amide bonds. The summed E-state index contributed by atoms with van der Waals surface area (Å²) in [6.45, 7) is 0. The van der Waals surface area contributed by atoms with Crippen LogP contribution in [0.3, 0.4) is 0 Å². The predicted molar refractivity (Wildman–Crippen MR) is 72.8 cm³/mol. The molecule has 0 aliphatic rings. The number of nitrogens with one attached hydrogen (secondary N) is 2. The van der Waals surface area contributed by atoms with Gasteiger partial charge in [0.2, 0.25) is 5.82 Å². The van der Waals surface area contributed by atoms with Crippen molar-refractivity contribution in [3.63, 3.8) is 0 Å². The molecule has 25 heavy (non-hydrogen) atoms. The zero-order chi connectivity index (χ0) is 18.8. The van der Waals surface area contributed by atoms with Gasteiger partial charge in [0.15, 0.2) is 0 Å². The van der Waals surface area contributed by atoms with Crippen molar-refractivity contribution in [2.45, 2.75) is 12.4 Å². The highest BCUT2D eigenvalue weighted by molar-refractivity contribution is 6.32. The van der Waals surface area contributed by atoms with Crippen LogP contribution in [0.1, 0.15) is 17.0 Å². The van der Waals surface area contributed by atoms with Crippen LogP contribution in [0.25, 0.3) is 5.57 Å². The standard InChI is InChI=1S/C12H5ClF6N6/c13-9-7(11(14,15)16)1-6(2-8(9)12(17,18)19)21-4-5(3-20)10-22-24-25-23-10/h1-2,4,21H,(H,22,23,24,25). The van der Waals surface area contributed by atoms with Gasteiger partial charge in [-0.3, -0.25) is 0 Å². The lowest BCUT2D eigenvalue weighted by atomic mass is 10.1. The maximum absolute atomic E-state index is 12.9. The zero-order valence-electron chi connectivity index (χ0n) is 11.7. The van der Waals surface area contributed by atoms with Crippen LogP contribution in [-0.2, 0) is 12.4 Å². The molecule has 2 aromatic rings. The quantitative estimate of drug-likeness (QED) is 0.621. The average Bonchev–Trinajstić information content (AvgIpc) is 3.01. The molecular weight excluding hydrogens is 378 g/mol. The highest BCUT2D eigenvalue weighted by Gasteiger charge is 2.41. The number of benzene rings is 1. The van der Waals surface area contributed by atoms with Crippen LogP contribution in [0.5, 0.6) is 0 Å². The lowest BCUT2D eigenvalue weighted by Gasteiger charge is -2.16. The summed E-state index contributed by atoms with van der Waals surface area (Å²) in [6.07, 6.45) is -9.37. The Morgan fingerprint density at radius 3 is 2.12 bits per heavy atom. The molecule has 0 aliphatic heterocycles. The molecule has 1 aromatic carbocycles. The third-order valence-electron chi connectivity index (χ3n) is 2.77. The fourth-order valence-corrected chi connectivity index (χ4v) is 2.02. The van der Waals surface area contributed by atoms with E-state index >= 15 is 0 Å². The Morgan fingerprint density at radius 1 is 1.16 bits per heavy atom. The van der Waals surface area contributed by atoms with Gasteiger partial charge in [-0.2, -0.15) is 36.8 Å². The fraction of sp³-hybridized carbons (Fsp3) is 0.167. The van der Waals surface area contributed by atoms with Crippen LogP contribution in [0.15, 0.2) is 18.3 Å². The van der Waals surface area contributed by atoms with E-state index in [4.69, 9.17) is 16.9 Å². The molecule has 0 bridgehead atoms. The maximum Gasteiger partial charge on any atom is 0.417 e. The summed E-state index contributed by atoms with van der Waals surface area (Å²) in [4.78, 5) is 0. The van der Waals surface area contributed by atoms with Crippen molar-refractivity contribution >= 4 is 22.9 Å². The number of rotatable bonds is 3. The first-order chi connectivity index (χ1) is 11.5. The van der Waals surface area contributed by atoms with E-state index in [2.05, 4.69) is 25.9 Å². The topological polar surface area (TPSA) is 90.3 Å². The van der Waals surface area contributed by atoms with E-state index < -0.39 is 34.2 Å². The first-order valence-corrected chi connectivity index (χ1v) is 6.50. The summed E-state index contributed by atoms with van der Waals surface area (Å²) in [5, 5.41) is 21.8. The van der Waals surface area contributed by atoms with Crippen LogP contribution < -0.4 is 5.32 Å². The van der Waals surface area contributed by atoms with Crippen molar-refractivity contribution in [1.82, 2.24) is 20.6 Å². The minimum absolute atomic E-state index is 0.198. The number of nitriles is 1. The van der Waals surface area contributed by atoms with Gasteiger partial charge < -0.3 is 5.32 Å². The van der Waals surface area contributed by atoms with E-state index in [-0.39, 0.29) is 11.4 Å². The van der Waals surface area contributed by atoms with E-state index in [9.17, 15) is 26.3 Å². The SMILES string of the molecule is N#CC(=CNc1cc(C(F)(F)F)c(Cl)c(C(F)(F)F)c1)c1nn[nH]n1. The molecule has 2 rings (SSSR count). The summed E-state index contributed by atoms with van der Waals surface area (Å²) in [5.41, 5.74) is -4.19. The molecule has 0 saturated heterocycles. The molecule has 0 atom stereocenters. The summed E-state index contributed by atoms with van der Waals surface area (Å²) in [6, 6.07) is 2.40. The molecule has 13 heteroatoms. The molecule has 132 valence electrons. The van der Waals surface area contributed by atoms with E-state index in [1.165, 1.54) is 0 Å². The van der Waals surface area contributed by atoms with Gasteiger partial charge in [0.1, 0.15) is 11.6 Å². The molecule has 1 aromatic heterocycles. The smallest absolute Gasteiger partial charge is 0.360 e. The van der Waals surface area contributed by atoms with Crippen molar-refractivity contribution in [2.24, 2.45) is 0 Å². The average molecular weight is 383 g/mol. The Kier molecular flexibility index (Phi) is 4.89. The number of tetrazole rings is 1.